The Hall–Kier alpha value is -2.66. The van der Waals surface area contributed by atoms with E-state index < -0.39 is 5.41 Å². The highest BCUT2D eigenvalue weighted by atomic mass is 16.6. The van der Waals surface area contributed by atoms with Gasteiger partial charge in [-0.25, -0.2) is 0 Å². The van der Waals surface area contributed by atoms with Crippen molar-refractivity contribution < 1.29 is 14.4 Å². The van der Waals surface area contributed by atoms with Crippen LogP contribution in [0.1, 0.15) is 47.9 Å². The normalized spacial score (nSPS) is 20.4. The summed E-state index contributed by atoms with van der Waals surface area (Å²) in [5.41, 5.74) is 6.00. The molecule has 0 radical (unpaired) electrons. The topological polar surface area (TPSA) is 59.9 Å². The molecule has 2 aliphatic rings. The number of amides is 1. The van der Waals surface area contributed by atoms with Crippen LogP contribution in [0.3, 0.4) is 0 Å². The zero-order chi connectivity index (χ0) is 21.1. The van der Waals surface area contributed by atoms with Crippen molar-refractivity contribution in [2.24, 2.45) is 10.6 Å². The molecule has 2 aromatic carbocycles. The van der Waals surface area contributed by atoms with Gasteiger partial charge in [0.2, 0.25) is 5.91 Å². The summed E-state index contributed by atoms with van der Waals surface area (Å²) >= 11 is 0. The number of oxime groups is 1. The van der Waals surface area contributed by atoms with E-state index >= 15 is 0 Å². The summed E-state index contributed by atoms with van der Waals surface area (Å²) in [6.07, 6.45) is 2.67. The van der Waals surface area contributed by atoms with E-state index in [4.69, 9.17) is 9.57 Å². The number of ether oxygens (including phenoxy) is 1. The Labute approximate surface area is 178 Å². The number of hydrogen-bond acceptors (Lipinski definition) is 4. The second-order valence-electron chi connectivity index (χ2n) is 8.69. The number of aryl methyl sites for hydroxylation is 3. The molecule has 1 atom stereocenters. The largest absolute Gasteiger partial charge is 0.392 e. The minimum Gasteiger partial charge on any atom is -0.392 e. The van der Waals surface area contributed by atoms with Crippen LogP contribution >= 0.6 is 0 Å². The minimum absolute atomic E-state index is 0.0569. The zero-order valence-electron chi connectivity index (χ0n) is 18.0. The van der Waals surface area contributed by atoms with Gasteiger partial charge in [-0.05, 0) is 62.4 Å². The van der Waals surface area contributed by atoms with Gasteiger partial charge in [-0.1, -0.05) is 41.1 Å². The van der Waals surface area contributed by atoms with Crippen LogP contribution in [0.25, 0.3) is 0 Å². The average Bonchev–Trinajstić information content (AvgIpc) is 3.20. The smallest absolute Gasteiger partial charge is 0.230 e. The molecule has 5 heteroatoms. The number of rotatable bonds is 5. The maximum Gasteiger partial charge on any atom is 0.230 e. The monoisotopic (exact) mass is 406 g/mol. The van der Waals surface area contributed by atoms with Gasteiger partial charge in [0.05, 0.1) is 11.1 Å². The van der Waals surface area contributed by atoms with Gasteiger partial charge >= 0.3 is 0 Å². The summed E-state index contributed by atoms with van der Waals surface area (Å²) in [6, 6.07) is 14.4. The van der Waals surface area contributed by atoms with Crippen LogP contribution in [-0.4, -0.2) is 30.9 Å². The summed E-state index contributed by atoms with van der Waals surface area (Å²) in [5.74, 6) is 0.0569. The van der Waals surface area contributed by atoms with Crippen molar-refractivity contribution in [2.45, 2.75) is 52.6 Å². The first kappa shape index (κ1) is 20.6. The molecule has 4 rings (SSSR count). The van der Waals surface area contributed by atoms with Gasteiger partial charge in [-0.15, -0.1) is 0 Å². The molecule has 1 N–H and O–H groups in total. The molecule has 30 heavy (non-hydrogen) atoms. The lowest BCUT2D eigenvalue weighted by atomic mass is 9.74. The molecule has 158 valence electrons. The first-order chi connectivity index (χ1) is 14.4. The van der Waals surface area contributed by atoms with Gasteiger partial charge in [-0.3, -0.25) is 4.79 Å². The van der Waals surface area contributed by atoms with Crippen LogP contribution in [0.15, 0.2) is 47.6 Å². The lowest BCUT2D eigenvalue weighted by Crippen LogP contribution is -2.43. The number of benzene rings is 2. The summed E-state index contributed by atoms with van der Waals surface area (Å²) in [4.78, 5) is 19.2. The molecule has 2 aromatic rings. The van der Waals surface area contributed by atoms with E-state index in [9.17, 15) is 4.79 Å². The van der Waals surface area contributed by atoms with Crippen LogP contribution in [0, 0.1) is 26.2 Å². The van der Waals surface area contributed by atoms with Crippen molar-refractivity contribution in [3.8, 4) is 0 Å². The Kier molecular flexibility index (Phi) is 5.91. The number of carbonyl (C=O) groups excluding carboxylic acids is 1. The molecule has 2 heterocycles. The fourth-order valence-electron chi connectivity index (χ4n) is 4.26. The Bertz CT molecular complexity index is 943. The Morgan fingerprint density at radius 2 is 1.80 bits per heavy atom. The summed E-state index contributed by atoms with van der Waals surface area (Å²) in [5, 5.41) is 7.49. The first-order valence-corrected chi connectivity index (χ1v) is 10.7. The molecule has 0 bridgehead atoms. The van der Waals surface area contributed by atoms with Crippen LogP contribution in [0.5, 0.6) is 0 Å². The minimum atomic E-state index is -0.500. The first-order valence-electron chi connectivity index (χ1n) is 10.7. The summed E-state index contributed by atoms with van der Waals surface area (Å²) in [6.45, 7) is 7.40. The second-order valence-corrected chi connectivity index (χ2v) is 8.69. The van der Waals surface area contributed by atoms with E-state index in [1.54, 1.807) is 0 Å². The average molecular weight is 407 g/mol. The van der Waals surface area contributed by atoms with E-state index in [1.807, 2.05) is 18.2 Å². The highest BCUT2D eigenvalue weighted by Crippen LogP contribution is 2.39. The number of carbonyl (C=O) groups is 1. The predicted octanol–water partition coefficient (Wildman–Crippen LogP) is 4.93. The highest BCUT2D eigenvalue weighted by molar-refractivity contribution is 6.01. The molecule has 1 amide bonds. The van der Waals surface area contributed by atoms with E-state index in [0.717, 1.165) is 23.4 Å². The van der Waals surface area contributed by atoms with Crippen LogP contribution in [0.4, 0.5) is 5.69 Å². The van der Waals surface area contributed by atoms with Gasteiger partial charge in [0, 0.05) is 31.7 Å². The molecule has 5 nitrogen and oxygen atoms in total. The molecule has 2 aliphatic heterocycles. The number of hydrogen-bond donors (Lipinski definition) is 1. The fraction of sp³-hybridized carbons (Fsp3) is 0.440. The molecule has 0 spiro atoms. The van der Waals surface area contributed by atoms with Crippen molar-refractivity contribution in [1.82, 2.24) is 0 Å². The van der Waals surface area contributed by atoms with Crippen LogP contribution < -0.4 is 5.32 Å². The van der Waals surface area contributed by atoms with E-state index in [2.05, 4.69) is 55.5 Å². The van der Waals surface area contributed by atoms with E-state index in [1.165, 1.54) is 16.7 Å². The zero-order valence-corrected chi connectivity index (χ0v) is 18.0. The van der Waals surface area contributed by atoms with E-state index in [0.29, 0.717) is 32.5 Å². The maximum absolute atomic E-state index is 13.4. The lowest BCUT2D eigenvalue weighted by molar-refractivity contribution is -0.134. The van der Waals surface area contributed by atoms with Crippen LogP contribution in [-0.2, 0) is 14.4 Å². The molecular weight excluding hydrogens is 376 g/mol. The molecule has 1 fully saturated rings. The maximum atomic E-state index is 13.4. The standard InChI is InChI=1S/C25H30N2O3/c1-17-4-7-20(8-5-17)23-15-22(30-27-23)16-25(10-12-29-13-11-25)24(28)26-21-9-6-18(2)19(3)14-21/h4-9,14,22H,10-13,15-16H2,1-3H3,(H,26,28)/t22-/m0/s1. The van der Waals surface area contributed by atoms with Crippen molar-refractivity contribution in [1.29, 1.82) is 0 Å². The quantitative estimate of drug-likeness (QED) is 0.766. The Balaban J connectivity index is 1.46. The molecular formula is C25H30N2O3. The molecule has 1 saturated heterocycles. The summed E-state index contributed by atoms with van der Waals surface area (Å²) < 4.78 is 5.58. The number of nitrogens with zero attached hydrogens (tertiary/aromatic N) is 1. The van der Waals surface area contributed by atoms with Gasteiger partial charge in [0.25, 0.3) is 0 Å². The van der Waals surface area contributed by atoms with Crippen molar-refractivity contribution >= 4 is 17.3 Å². The van der Waals surface area contributed by atoms with Gasteiger partial charge < -0.3 is 14.9 Å². The van der Waals surface area contributed by atoms with E-state index in [-0.39, 0.29) is 12.0 Å². The van der Waals surface area contributed by atoms with Gasteiger partial charge in [0.1, 0.15) is 6.10 Å². The summed E-state index contributed by atoms with van der Waals surface area (Å²) in [7, 11) is 0. The molecule has 0 aromatic heterocycles. The van der Waals surface area contributed by atoms with Gasteiger partial charge in [0.15, 0.2) is 0 Å². The molecule has 0 saturated carbocycles. The predicted molar refractivity (Wildman–Crippen MR) is 119 cm³/mol. The van der Waals surface area contributed by atoms with Crippen LogP contribution in [0.2, 0.25) is 0 Å². The Morgan fingerprint density at radius 3 is 2.50 bits per heavy atom. The lowest BCUT2D eigenvalue weighted by Gasteiger charge is -2.37. The van der Waals surface area contributed by atoms with Gasteiger partial charge in [-0.2, -0.15) is 0 Å². The third kappa shape index (κ3) is 4.41. The molecule has 0 aliphatic carbocycles. The number of anilines is 1. The highest BCUT2D eigenvalue weighted by Gasteiger charge is 2.43. The third-order valence-electron chi connectivity index (χ3n) is 6.43. The fourth-order valence-corrected chi connectivity index (χ4v) is 4.26. The Morgan fingerprint density at radius 1 is 1.07 bits per heavy atom. The van der Waals surface area contributed by atoms with Crippen molar-refractivity contribution in [3.63, 3.8) is 0 Å². The SMILES string of the molecule is Cc1ccc(C2=NO[C@H](CC3(C(=O)Nc4ccc(C)c(C)c4)CCOCC3)C2)cc1. The number of nitrogens with one attached hydrogen (secondary N) is 1. The second kappa shape index (κ2) is 8.60. The molecule has 0 unspecified atom stereocenters. The van der Waals surface area contributed by atoms with Crippen molar-refractivity contribution in [3.05, 3.63) is 64.7 Å². The van der Waals surface area contributed by atoms with Crippen molar-refractivity contribution in [2.75, 3.05) is 18.5 Å². The third-order valence-corrected chi connectivity index (χ3v) is 6.43.